The number of nitrogens with zero attached hydrogens (tertiary/aromatic N) is 5. The zero-order valence-corrected chi connectivity index (χ0v) is 8.24. The molecule has 80 valence electrons. The van der Waals surface area contributed by atoms with Crippen LogP contribution in [0.3, 0.4) is 0 Å². The molecule has 0 aliphatic carbocycles. The Morgan fingerprint density at radius 2 is 2.38 bits per heavy atom. The number of hydrogen-bond acceptors (Lipinski definition) is 6. The lowest BCUT2D eigenvalue weighted by atomic mass is 10.4. The van der Waals surface area contributed by atoms with E-state index in [4.69, 9.17) is 4.42 Å². The van der Waals surface area contributed by atoms with Gasteiger partial charge in [0.05, 0.1) is 25.2 Å². The monoisotopic (exact) mass is 216 g/mol. The van der Waals surface area contributed by atoms with Crippen LogP contribution in [-0.2, 0) is 6.54 Å². The highest BCUT2D eigenvalue weighted by Gasteiger charge is 2.03. The van der Waals surface area contributed by atoms with Crippen LogP contribution in [0.1, 0.15) is 5.76 Å². The minimum absolute atomic E-state index is 0.563. The van der Waals surface area contributed by atoms with Gasteiger partial charge in [-0.2, -0.15) is 4.52 Å². The van der Waals surface area contributed by atoms with Crippen LogP contribution in [0, 0.1) is 0 Å². The number of fused-ring (bicyclic) bond motifs is 1. The molecule has 0 saturated heterocycles. The molecule has 3 heterocycles. The molecule has 0 atom stereocenters. The summed E-state index contributed by atoms with van der Waals surface area (Å²) in [6.45, 7) is 0.563. The number of furan rings is 1. The molecule has 7 heteroatoms. The molecule has 16 heavy (non-hydrogen) atoms. The maximum atomic E-state index is 5.20. The van der Waals surface area contributed by atoms with Gasteiger partial charge < -0.3 is 9.73 Å². The summed E-state index contributed by atoms with van der Waals surface area (Å²) in [4.78, 5) is 4.03. The average Bonchev–Trinajstić information content (AvgIpc) is 2.97. The van der Waals surface area contributed by atoms with E-state index in [0.717, 1.165) is 11.6 Å². The molecular weight excluding hydrogens is 208 g/mol. The van der Waals surface area contributed by atoms with E-state index >= 15 is 0 Å². The van der Waals surface area contributed by atoms with Crippen LogP contribution in [-0.4, -0.2) is 25.0 Å². The lowest BCUT2D eigenvalue weighted by molar-refractivity contribution is 0.517. The fourth-order valence-corrected chi connectivity index (χ4v) is 1.39. The van der Waals surface area contributed by atoms with Gasteiger partial charge in [0.1, 0.15) is 5.76 Å². The van der Waals surface area contributed by atoms with E-state index < -0.39 is 0 Å². The second-order valence-electron chi connectivity index (χ2n) is 3.17. The van der Waals surface area contributed by atoms with Gasteiger partial charge in [-0.15, -0.1) is 5.10 Å². The topological polar surface area (TPSA) is 81.1 Å². The van der Waals surface area contributed by atoms with Crippen molar-refractivity contribution in [3.8, 4) is 0 Å². The molecule has 0 aliphatic rings. The normalized spacial score (nSPS) is 10.8. The molecule has 0 radical (unpaired) electrons. The lowest BCUT2D eigenvalue weighted by Gasteiger charge is -2.04. The van der Waals surface area contributed by atoms with Crippen molar-refractivity contribution < 1.29 is 4.42 Å². The first kappa shape index (κ1) is 8.84. The SMILES string of the molecule is c1coc(CNc2cncc3nnnn23)c1. The second-order valence-corrected chi connectivity index (χ2v) is 3.17. The summed E-state index contributed by atoms with van der Waals surface area (Å²) in [6, 6.07) is 3.73. The first-order chi connectivity index (χ1) is 7.93. The Labute approximate surface area is 90.1 Å². The van der Waals surface area contributed by atoms with Crippen LogP contribution in [0.2, 0.25) is 0 Å². The Bertz CT molecular complexity index is 587. The molecule has 0 fully saturated rings. The summed E-state index contributed by atoms with van der Waals surface area (Å²) >= 11 is 0. The van der Waals surface area contributed by atoms with Crippen LogP contribution in [0.15, 0.2) is 35.2 Å². The summed E-state index contributed by atoms with van der Waals surface area (Å²) < 4.78 is 6.78. The highest BCUT2D eigenvalue weighted by atomic mass is 16.3. The lowest BCUT2D eigenvalue weighted by Crippen LogP contribution is -2.05. The first-order valence-corrected chi connectivity index (χ1v) is 4.72. The molecule has 0 saturated carbocycles. The number of aromatic nitrogens is 5. The standard InChI is InChI=1S/C9H8N6O/c1-2-7(16-3-1)4-11-8-5-10-6-9-12-13-14-15(8)9/h1-3,5-6,11H,4H2. The molecule has 3 rings (SSSR count). The first-order valence-electron chi connectivity index (χ1n) is 4.72. The largest absolute Gasteiger partial charge is 0.467 e. The van der Waals surface area contributed by atoms with E-state index in [1.807, 2.05) is 12.1 Å². The maximum Gasteiger partial charge on any atom is 0.199 e. The summed E-state index contributed by atoms with van der Waals surface area (Å²) in [5.74, 6) is 1.56. The van der Waals surface area contributed by atoms with E-state index in [1.165, 1.54) is 0 Å². The smallest absolute Gasteiger partial charge is 0.199 e. The third kappa shape index (κ3) is 1.48. The fraction of sp³-hybridized carbons (Fsp3) is 0.111. The third-order valence-corrected chi connectivity index (χ3v) is 2.13. The predicted octanol–water partition coefficient (Wildman–Crippen LogP) is 0.724. The molecule has 0 spiro atoms. The molecule has 0 aromatic carbocycles. The van der Waals surface area contributed by atoms with Gasteiger partial charge in [0.2, 0.25) is 0 Å². The van der Waals surface area contributed by atoms with Gasteiger partial charge in [-0.05, 0) is 22.6 Å². The van der Waals surface area contributed by atoms with E-state index in [1.54, 1.807) is 23.2 Å². The number of anilines is 1. The van der Waals surface area contributed by atoms with Crippen molar-refractivity contribution in [1.82, 2.24) is 25.0 Å². The van der Waals surface area contributed by atoms with E-state index in [0.29, 0.717) is 12.2 Å². The van der Waals surface area contributed by atoms with Crippen molar-refractivity contribution in [2.45, 2.75) is 6.54 Å². The summed E-state index contributed by atoms with van der Waals surface area (Å²) in [6.07, 6.45) is 4.89. The van der Waals surface area contributed by atoms with Gasteiger partial charge in [-0.3, -0.25) is 4.98 Å². The van der Waals surface area contributed by atoms with Crippen LogP contribution >= 0.6 is 0 Å². The van der Waals surface area contributed by atoms with Crippen LogP contribution in [0.25, 0.3) is 5.65 Å². The van der Waals surface area contributed by atoms with Gasteiger partial charge in [0, 0.05) is 0 Å². The highest BCUT2D eigenvalue weighted by Crippen LogP contribution is 2.08. The Balaban J connectivity index is 1.86. The Morgan fingerprint density at radius 3 is 3.25 bits per heavy atom. The van der Waals surface area contributed by atoms with E-state index in [9.17, 15) is 0 Å². The maximum absolute atomic E-state index is 5.20. The van der Waals surface area contributed by atoms with Crippen molar-refractivity contribution in [2.24, 2.45) is 0 Å². The zero-order valence-electron chi connectivity index (χ0n) is 8.24. The Kier molecular flexibility index (Phi) is 1.99. The molecule has 0 amide bonds. The van der Waals surface area contributed by atoms with Crippen molar-refractivity contribution in [3.05, 3.63) is 36.5 Å². The molecule has 3 aromatic heterocycles. The van der Waals surface area contributed by atoms with E-state index in [-0.39, 0.29) is 0 Å². The number of nitrogens with one attached hydrogen (secondary N) is 1. The van der Waals surface area contributed by atoms with Gasteiger partial charge in [-0.25, -0.2) is 0 Å². The van der Waals surface area contributed by atoms with Crippen LogP contribution < -0.4 is 5.32 Å². The molecule has 0 aliphatic heterocycles. The number of hydrogen-bond donors (Lipinski definition) is 1. The molecule has 0 bridgehead atoms. The van der Waals surface area contributed by atoms with Gasteiger partial charge in [-0.1, -0.05) is 0 Å². The second kappa shape index (κ2) is 3.61. The van der Waals surface area contributed by atoms with Crippen molar-refractivity contribution in [3.63, 3.8) is 0 Å². The van der Waals surface area contributed by atoms with Gasteiger partial charge in [0.15, 0.2) is 11.5 Å². The zero-order chi connectivity index (χ0) is 10.8. The summed E-state index contributed by atoms with van der Waals surface area (Å²) in [5, 5.41) is 14.3. The third-order valence-electron chi connectivity index (χ3n) is 2.13. The van der Waals surface area contributed by atoms with Crippen LogP contribution in [0.4, 0.5) is 5.82 Å². The minimum Gasteiger partial charge on any atom is -0.467 e. The molecular formula is C9H8N6O. The van der Waals surface area contributed by atoms with Crippen molar-refractivity contribution >= 4 is 11.5 Å². The van der Waals surface area contributed by atoms with E-state index in [2.05, 4.69) is 25.8 Å². The molecule has 7 nitrogen and oxygen atoms in total. The minimum atomic E-state index is 0.563. The summed E-state index contributed by atoms with van der Waals surface area (Å²) in [7, 11) is 0. The molecule has 0 unspecified atom stereocenters. The molecule has 1 N–H and O–H groups in total. The number of tetrazole rings is 1. The van der Waals surface area contributed by atoms with Gasteiger partial charge in [0.25, 0.3) is 0 Å². The van der Waals surface area contributed by atoms with Crippen LogP contribution in [0.5, 0.6) is 0 Å². The van der Waals surface area contributed by atoms with Crippen molar-refractivity contribution in [2.75, 3.05) is 5.32 Å². The average molecular weight is 216 g/mol. The van der Waals surface area contributed by atoms with Crippen molar-refractivity contribution in [1.29, 1.82) is 0 Å². The Hall–Kier alpha value is -2.44. The van der Waals surface area contributed by atoms with Gasteiger partial charge >= 0.3 is 0 Å². The number of rotatable bonds is 3. The summed E-state index contributed by atoms with van der Waals surface area (Å²) in [5.41, 5.74) is 0.601. The highest BCUT2D eigenvalue weighted by molar-refractivity contribution is 5.43. The Morgan fingerprint density at radius 1 is 1.38 bits per heavy atom. The fourth-order valence-electron chi connectivity index (χ4n) is 1.39. The quantitative estimate of drug-likeness (QED) is 0.694. The predicted molar refractivity (Wildman–Crippen MR) is 54.6 cm³/mol. The molecule has 3 aromatic rings.